The smallest absolute Gasteiger partial charge is 0.306 e. The Labute approximate surface area is 270 Å². The zero-order valence-corrected chi connectivity index (χ0v) is 30.0. The number of carbonyl (C=O) groups excluding carboxylic acids is 1. The van der Waals surface area contributed by atoms with Crippen LogP contribution in [0.1, 0.15) is 226 Å². The second-order valence-corrected chi connectivity index (χ2v) is 14.4. The highest BCUT2D eigenvalue weighted by Gasteiger charge is 2.03. The van der Waals surface area contributed by atoms with Crippen molar-refractivity contribution < 1.29 is 9.53 Å². The fourth-order valence-corrected chi connectivity index (χ4v) is 6.84. The van der Waals surface area contributed by atoms with Gasteiger partial charge in [0.1, 0.15) is 0 Å². The molecule has 0 bridgehead atoms. The number of ether oxygens (including phenoxy) is 1. The molecule has 0 atom stereocenters. The molecule has 0 saturated carbocycles. The Morgan fingerprint density at radius 1 is 0.381 bits per heavy atom. The van der Waals surface area contributed by atoms with E-state index in [4.69, 9.17) is 4.74 Å². The molecule has 42 heavy (non-hydrogen) atoms. The zero-order valence-electron chi connectivity index (χ0n) is 29.2. The fourth-order valence-electron chi connectivity index (χ4n) is 5.92. The van der Waals surface area contributed by atoms with Crippen LogP contribution in [0.15, 0.2) is 0 Å². The second kappa shape index (κ2) is 38.8. The molecule has 0 aliphatic heterocycles. The molecule has 0 aromatic carbocycles. The summed E-state index contributed by atoms with van der Waals surface area (Å²) < 4.78 is 5.45. The van der Waals surface area contributed by atoms with E-state index in [1.165, 1.54) is 205 Å². The molecule has 0 rings (SSSR count). The molecule has 0 heterocycles. The van der Waals surface area contributed by atoms with Gasteiger partial charge in [-0.15, -0.1) is 0 Å². The summed E-state index contributed by atoms with van der Waals surface area (Å²) in [7, 11) is 0. The average Bonchev–Trinajstić information content (AvgIpc) is 3.00. The number of hydrogen-bond donors (Lipinski definition) is 0. The van der Waals surface area contributed by atoms with Crippen molar-refractivity contribution in [2.24, 2.45) is 0 Å². The summed E-state index contributed by atoms with van der Waals surface area (Å²) in [5.74, 6) is 2.14. The van der Waals surface area contributed by atoms with E-state index in [9.17, 15) is 4.79 Å². The number of hydrogen-bond acceptors (Lipinski definition) is 3. The Kier molecular flexibility index (Phi) is 38.7. The van der Waals surface area contributed by atoms with Gasteiger partial charge in [0.15, 0.2) is 0 Å². The maximum atomic E-state index is 12.0. The van der Waals surface area contributed by atoms with Crippen molar-refractivity contribution in [3.8, 4) is 0 Å². The summed E-state index contributed by atoms with van der Waals surface area (Å²) in [6, 6.07) is 0. The van der Waals surface area contributed by atoms with Crippen LogP contribution < -0.4 is 0 Å². The van der Waals surface area contributed by atoms with Crippen molar-refractivity contribution in [2.75, 3.05) is 18.1 Å². The molecule has 2 nitrogen and oxygen atoms in total. The monoisotopic (exact) mass is 611 g/mol. The molecule has 0 radical (unpaired) electrons. The molecule has 0 amide bonds. The lowest BCUT2D eigenvalue weighted by atomic mass is 10.0. The Morgan fingerprint density at radius 3 is 1.00 bits per heavy atom. The topological polar surface area (TPSA) is 26.3 Å². The first-order chi connectivity index (χ1) is 20.8. The van der Waals surface area contributed by atoms with Crippen LogP contribution in [-0.2, 0) is 9.53 Å². The SMILES string of the molecule is CCCCCCCCCCCCCCCCCCOC(=O)CCSCCCCCCCCCCCCCCCCCC. The van der Waals surface area contributed by atoms with Gasteiger partial charge in [-0.3, -0.25) is 4.79 Å². The number of carbonyl (C=O) groups is 1. The highest BCUT2D eigenvalue weighted by molar-refractivity contribution is 7.99. The molecule has 3 heteroatoms. The third kappa shape index (κ3) is 37.8. The minimum absolute atomic E-state index is 0.00966. The quantitative estimate of drug-likeness (QED) is 0.0517. The van der Waals surface area contributed by atoms with Crippen LogP contribution in [0.2, 0.25) is 0 Å². The van der Waals surface area contributed by atoms with Crippen molar-refractivity contribution in [2.45, 2.75) is 226 Å². The predicted molar refractivity (Wildman–Crippen MR) is 192 cm³/mol. The summed E-state index contributed by atoms with van der Waals surface area (Å²) >= 11 is 1.93. The Hall–Kier alpha value is -0.180. The first-order valence-electron chi connectivity index (χ1n) is 19.5. The second-order valence-electron chi connectivity index (χ2n) is 13.2. The van der Waals surface area contributed by atoms with Crippen molar-refractivity contribution in [3.05, 3.63) is 0 Å². The van der Waals surface area contributed by atoms with Crippen LogP contribution >= 0.6 is 11.8 Å². The van der Waals surface area contributed by atoms with Crippen molar-refractivity contribution in [1.82, 2.24) is 0 Å². The van der Waals surface area contributed by atoms with Gasteiger partial charge in [0.05, 0.1) is 13.0 Å². The van der Waals surface area contributed by atoms with Gasteiger partial charge in [0, 0.05) is 5.75 Å². The molecule has 0 unspecified atom stereocenters. The Balaban J connectivity index is 3.14. The standard InChI is InChI=1S/C39H78O2S/c1-3-5-7-9-11-13-15-17-19-21-23-25-27-29-31-33-36-41-39(40)35-38-42-37-34-32-30-28-26-24-22-20-18-16-14-12-10-8-6-4-2/h3-38H2,1-2H3. The van der Waals surface area contributed by atoms with Crippen molar-refractivity contribution >= 4 is 17.7 Å². The first-order valence-corrected chi connectivity index (χ1v) is 20.7. The van der Waals surface area contributed by atoms with Crippen molar-refractivity contribution in [1.29, 1.82) is 0 Å². The van der Waals surface area contributed by atoms with E-state index in [-0.39, 0.29) is 5.97 Å². The van der Waals surface area contributed by atoms with Crippen LogP contribution in [-0.4, -0.2) is 24.1 Å². The van der Waals surface area contributed by atoms with Gasteiger partial charge in [0.2, 0.25) is 0 Å². The lowest BCUT2D eigenvalue weighted by molar-refractivity contribution is -0.143. The van der Waals surface area contributed by atoms with E-state index in [0.29, 0.717) is 13.0 Å². The summed E-state index contributed by atoms with van der Waals surface area (Å²) in [4.78, 5) is 12.0. The fraction of sp³-hybridized carbons (Fsp3) is 0.974. The average molecular weight is 611 g/mol. The molecule has 0 fully saturated rings. The van der Waals surface area contributed by atoms with E-state index in [1.807, 2.05) is 11.8 Å². The molecule has 0 aliphatic rings. The van der Waals surface area contributed by atoms with E-state index < -0.39 is 0 Å². The predicted octanol–water partition coefficient (Wildman–Crippen LogP) is 14.2. The van der Waals surface area contributed by atoms with Crippen LogP contribution in [0.5, 0.6) is 0 Å². The highest BCUT2D eigenvalue weighted by Crippen LogP contribution is 2.16. The molecule has 0 spiro atoms. The lowest BCUT2D eigenvalue weighted by Gasteiger charge is -2.06. The Morgan fingerprint density at radius 2 is 0.667 bits per heavy atom. The zero-order chi connectivity index (χ0) is 30.4. The molecule has 0 N–H and O–H groups in total. The minimum atomic E-state index is 0.00966. The Bertz CT molecular complexity index is 495. The largest absolute Gasteiger partial charge is 0.466 e. The first kappa shape index (κ1) is 41.8. The molecule has 0 aliphatic carbocycles. The van der Waals surface area contributed by atoms with E-state index in [0.717, 1.165) is 12.2 Å². The van der Waals surface area contributed by atoms with Gasteiger partial charge in [-0.1, -0.05) is 206 Å². The third-order valence-corrected chi connectivity index (χ3v) is 9.92. The molecular formula is C39H78O2S. The molecule has 0 aromatic heterocycles. The summed E-state index contributed by atoms with van der Waals surface area (Å²) in [6.45, 7) is 5.21. The van der Waals surface area contributed by atoms with Crippen molar-refractivity contribution in [3.63, 3.8) is 0 Å². The van der Waals surface area contributed by atoms with Gasteiger partial charge in [-0.05, 0) is 18.6 Å². The number of rotatable bonds is 37. The minimum Gasteiger partial charge on any atom is -0.466 e. The normalized spacial score (nSPS) is 11.4. The van der Waals surface area contributed by atoms with Crippen LogP contribution in [0.4, 0.5) is 0 Å². The van der Waals surface area contributed by atoms with E-state index in [2.05, 4.69) is 13.8 Å². The van der Waals surface area contributed by atoms with Gasteiger partial charge in [-0.2, -0.15) is 11.8 Å². The molecule has 0 saturated heterocycles. The maximum Gasteiger partial charge on any atom is 0.306 e. The van der Waals surface area contributed by atoms with Crippen LogP contribution in [0.25, 0.3) is 0 Å². The van der Waals surface area contributed by atoms with Gasteiger partial charge < -0.3 is 4.74 Å². The van der Waals surface area contributed by atoms with Gasteiger partial charge >= 0.3 is 5.97 Å². The number of thioether (sulfide) groups is 1. The molecular weight excluding hydrogens is 532 g/mol. The highest BCUT2D eigenvalue weighted by atomic mass is 32.2. The van der Waals surface area contributed by atoms with Crippen LogP contribution in [0.3, 0.4) is 0 Å². The van der Waals surface area contributed by atoms with E-state index in [1.54, 1.807) is 0 Å². The molecule has 0 aromatic rings. The summed E-state index contributed by atoms with van der Waals surface area (Å²) in [5.41, 5.74) is 0. The molecule has 252 valence electrons. The van der Waals surface area contributed by atoms with Gasteiger partial charge in [0.25, 0.3) is 0 Å². The van der Waals surface area contributed by atoms with Crippen LogP contribution in [0, 0.1) is 0 Å². The number of unbranched alkanes of at least 4 members (excludes halogenated alkanes) is 30. The maximum absolute atomic E-state index is 12.0. The summed E-state index contributed by atoms with van der Waals surface area (Å²) in [6.07, 6.45) is 45.3. The lowest BCUT2D eigenvalue weighted by Crippen LogP contribution is -2.07. The number of esters is 1. The van der Waals surface area contributed by atoms with Gasteiger partial charge in [-0.25, -0.2) is 0 Å². The third-order valence-electron chi connectivity index (χ3n) is 8.85. The van der Waals surface area contributed by atoms with E-state index >= 15 is 0 Å². The summed E-state index contributed by atoms with van der Waals surface area (Å²) in [5, 5.41) is 0.